The highest BCUT2D eigenvalue weighted by molar-refractivity contribution is 5.51. The summed E-state index contributed by atoms with van der Waals surface area (Å²) < 4.78 is 1.90. The molecule has 2 heterocycles. The van der Waals surface area contributed by atoms with Gasteiger partial charge in [-0.2, -0.15) is 5.10 Å². The van der Waals surface area contributed by atoms with Gasteiger partial charge in [0.05, 0.1) is 5.69 Å². The molecule has 0 radical (unpaired) electrons. The van der Waals surface area contributed by atoms with E-state index in [1.165, 1.54) is 5.56 Å². The molecule has 2 rings (SSSR count). The second-order valence-electron chi connectivity index (χ2n) is 4.53. The van der Waals surface area contributed by atoms with Crippen LogP contribution in [0.15, 0.2) is 0 Å². The molecule has 2 aromatic rings. The second kappa shape index (κ2) is 4.40. The summed E-state index contributed by atoms with van der Waals surface area (Å²) in [7, 11) is 1.87. The number of hydrogen-bond donors (Lipinski definition) is 1. The van der Waals surface area contributed by atoms with Crippen molar-refractivity contribution in [3.63, 3.8) is 0 Å². The highest BCUT2D eigenvalue weighted by Crippen LogP contribution is 2.22. The molecule has 0 aliphatic heterocycles. The van der Waals surface area contributed by atoms with Crippen LogP contribution in [0.25, 0.3) is 5.82 Å². The van der Waals surface area contributed by atoms with E-state index in [1.54, 1.807) is 0 Å². The Balaban J connectivity index is 2.70. The normalized spacial score (nSPS) is 10.8. The van der Waals surface area contributed by atoms with E-state index in [0.717, 1.165) is 34.4 Å². The molecule has 0 aromatic carbocycles. The van der Waals surface area contributed by atoms with Crippen molar-refractivity contribution in [3.05, 3.63) is 28.3 Å². The minimum atomic E-state index is 0.741. The molecule has 2 aromatic heterocycles. The first-order chi connectivity index (χ1) is 8.45. The Hall–Kier alpha value is -1.91. The van der Waals surface area contributed by atoms with Gasteiger partial charge in [0.15, 0.2) is 5.82 Å². The standard InChI is InChI=1S/C13H19N5/c1-7-9(3)17-18(10(7)4)13-8(2)12(14-6)15-11(5)16-13/h1-6H3,(H,14,15,16). The average Bonchev–Trinajstić information content (AvgIpc) is 2.59. The topological polar surface area (TPSA) is 55.6 Å². The van der Waals surface area contributed by atoms with E-state index < -0.39 is 0 Å². The molecule has 0 spiro atoms. The van der Waals surface area contributed by atoms with Gasteiger partial charge in [0.25, 0.3) is 0 Å². The minimum Gasteiger partial charge on any atom is -0.373 e. The molecule has 0 atom stereocenters. The third kappa shape index (κ3) is 1.85. The molecule has 0 aliphatic rings. The van der Waals surface area contributed by atoms with Crippen molar-refractivity contribution in [1.82, 2.24) is 19.7 Å². The fraction of sp³-hybridized carbons (Fsp3) is 0.462. The van der Waals surface area contributed by atoms with Crippen molar-refractivity contribution in [2.75, 3.05) is 12.4 Å². The minimum absolute atomic E-state index is 0.741. The highest BCUT2D eigenvalue weighted by Gasteiger charge is 2.15. The van der Waals surface area contributed by atoms with Crippen LogP contribution in [0.4, 0.5) is 5.82 Å². The van der Waals surface area contributed by atoms with E-state index in [-0.39, 0.29) is 0 Å². The van der Waals surface area contributed by atoms with Gasteiger partial charge in [-0.3, -0.25) is 0 Å². The van der Waals surface area contributed by atoms with Crippen LogP contribution in [-0.4, -0.2) is 26.8 Å². The van der Waals surface area contributed by atoms with Gasteiger partial charge < -0.3 is 5.32 Å². The third-order valence-electron chi connectivity index (χ3n) is 3.32. The lowest BCUT2D eigenvalue weighted by Gasteiger charge is -2.12. The van der Waals surface area contributed by atoms with Crippen molar-refractivity contribution in [3.8, 4) is 5.82 Å². The van der Waals surface area contributed by atoms with Gasteiger partial charge in [0.2, 0.25) is 0 Å². The maximum Gasteiger partial charge on any atom is 0.162 e. The molecule has 0 fully saturated rings. The van der Waals surface area contributed by atoms with E-state index in [1.807, 2.05) is 32.5 Å². The Morgan fingerprint density at radius 2 is 1.61 bits per heavy atom. The monoisotopic (exact) mass is 245 g/mol. The van der Waals surface area contributed by atoms with Crippen LogP contribution in [0.3, 0.4) is 0 Å². The molecule has 0 saturated heterocycles. The molecule has 0 bridgehead atoms. The van der Waals surface area contributed by atoms with Crippen molar-refractivity contribution in [2.24, 2.45) is 0 Å². The van der Waals surface area contributed by atoms with Gasteiger partial charge in [-0.25, -0.2) is 14.6 Å². The van der Waals surface area contributed by atoms with Crippen LogP contribution >= 0.6 is 0 Å². The molecular formula is C13H19N5. The van der Waals surface area contributed by atoms with Crippen LogP contribution < -0.4 is 5.32 Å². The maximum absolute atomic E-state index is 4.56. The first-order valence-electron chi connectivity index (χ1n) is 6.02. The Bertz CT molecular complexity index is 598. The van der Waals surface area contributed by atoms with Crippen molar-refractivity contribution in [1.29, 1.82) is 0 Å². The molecule has 5 nitrogen and oxygen atoms in total. The van der Waals surface area contributed by atoms with E-state index >= 15 is 0 Å². The fourth-order valence-corrected chi connectivity index (χ4v) is 1.99. The van der Waals surface area contributed by atoms with E-state index in [9.17, 15) is 0 Å². The lowest BCUT2D eigenvalue weighted by molar-refractivity contribution is 0.785. The molecule has 0 unspecified atom stereocenters. The van der Waals surface area contributed by atoms with Crippen LogP contribution in [0.1, 0.15) is 28.3 Å². The number of anilines is 1. The number of nitrogens with zero attached hydrogens (tertiary/aromatic N) is 4. The number of hydrogen-bond acceptors (Lipinski definition) is 4. The van der Waals surface area contributed by atoms with Crippen molar-refractivity contribution < 1.29 is 0 Å². The summed E-state index contributed by atoms with van der Waals surface area (Å²) in [5.74, 6) is 2.44. The Morgan fingerprint density at radius 3 is 2.11 bits per heavy atom. The highest BCUT2D eigenvalue weighted by atomic mass is 15.3. The van der Waals surface area contributed by atoms with Gasteiger partial charge in [0, 0.05) is 18.3 Å². The van der Waals surface area contributed by atoms with Gasteiger partial charge in [-0.15, -0.1) is 0 Å². The number of rotatable bonds is 2. The Kier molecular flexibility index (Phi) is 3.07. The largest absolute Gasteiger partial charge is 0.373 e. The zero-order chi connectivity index (χ0) is 13.4. The third-order valence-corrected chi connectivity index (χ3v) is 3.32. The predicted octanol–water partition coefficient (Wildman–Crippen LogP) is 2.25. The van der Waals surface area contributed by atoms with E-state index in [0.29, 0.717) is 0 Å². The predicted molar refractivity (Wildman–Crippen MR) is 72.4 cm³/mol. The molecule has 5 heteroatoms. The quantitative estimate of drug-likeness (QED) is 0.881. The zero-order valence-electron chi connectivity index (χ0n) is 11.8. The summed E-state index contributed by atoms with van der Waals surface area (Å²) in [4.78, 5) is 8.89. The van der Waals surface area contributed by atoms with Crippen LogP contribution in [0, 0.1) is 34.6 Å². The fourth-order valence-electron chi connectivity index (χ4n) is 1.99. The molecule has 0 aliphatic carbocycles. The Labute approximate surface area is 107 Å². The molecule has 1 N–H and O–H groups in total. The van der Waals surface area contributed by atoms with Crippen molar-refractivity contribution in [2.45, 2.75) is 34.6 Å². The summed E-state index contributed by atoms with van der Waals surface area (Å²) in [5, 5.41) is 7.65. The summed E-state index contributed by atoms with van der Waals surface area (Å²) in [6.45, 7) is 10.1. The second-order valence-corrected chi connectivity index (χ2v) is 4.53. The summed E-state index contributed by atoms with van der Waals surface area (Å²) in [5.41, 5.74) is 4.37. The first-order valence-corrected chi connectivity index (χ1v) is 6.02. The van der Waals surface area contributed by atoms with E-state index in [4.69, 9.17) is 0 Å². The first kappa shape index (κ1) is 12.5. The number of aromatic nitrogens is 4. The van der Waals surface area contributed by atoms with Crippen molar-refractivity contribution >= 4 is 5.82 Å². The summed E-state index contributed by atoms with van der Waals surface area (Å²) in [6.07, 6.45) is 0. The lowest BCUT2D eigenvalue weighted by Crippen LogP contribution is -2.10. The summed E-state index contributed by atoms with van der Waals surface area (Å²) >= 11 is 0. The SMILES string of the molecule is CNc1nc(C)nc(-n2nc(C)c(C)c2C)c1C. The maximum atomic E-state index is 4.56. The number of aryl methyl sites for hydroxylation is 2. The van der Waals surface area contributed by atoms with E-state index in [2.05, 4.69) is 34.2 Å². The van der Waals surface area contributed by atoms with Gasteiger partial charge in [0.1, 0.15) is 11.6 Å². The Morgan fingerprint density at radius 1 is 0.944 bits per heavy atom. The molecule has 18 heavy (non-hydrogen) atoms. The van der Waals surface area contributed by atoms with Gasteiger partial charge in [-0.05, 0) is 40.2 Å². The summed E-state index contributed by atoms with van der Waals surface area (Å²) in [6, 6.07) is 0. The number of nitrogens with one attached hydrogen (secondary N) is 1. The van der Waals surface area contributed by atoms with Crippen LogP contribution in [-0.2, 0) is 0 Å². The lowest BCUT2D eigenvalue weighted by atomic mass is 10.2. The van der Waals surface area contributed by atoms with Crippen LogP contribution in [0.2, 0.25) is 0 Å². The van der Waals surface area contributed by atoms with Crippen LogP contribution in [0.5, 0.6) is 0 Å². The smallest absolute Gasteiger partial charge is 0.162 e. The molecule has 0 amide bonds. The van der Waals surface area contributed by atoms with Gasteiger partial charge >= 0.3 is 0 Å². The van der Waals surface area contributed by atoms with Gasteiger partial charge in [-0.1, -0.05) is 0 Å². The molecule has 0 saturated carbocycles. The average molecular weight is 245 g/mol. The zero-order valence-corrected chi connectivity index (χ0v) is 11.8. The molecule has 96 valence electrons. The molecular weight excluding hydrogens is 226 g/mol.